The van der Waals surface area contributed by atoms with Crippen molar-refractivity contribution in [2.45, 2.75) is 5.66 Å². The molecule has 0 saturated heterocycles. The Kier molecular flexibility index (Phi) is 4.37. The molecule has 0 amide bonds. The van der Waals surface area contributed by atoms with Crippen LogP contribution in [0, 0.1) is 0 Å². The summed E-state index contributed by atoms with van der Waals surface area (Å²) in [6.45, 7) is 0. The van der Waals surface area contributed by atoms with Crippen LogP contribution in [-0.2, 0) is 13.3 Å². The summed E-state index contributed by atoms with van der Waals surface area (Å²) in [5, 5.41) is 4.93. The molecule has 1 unspecified atom stereocenters. The average molecular weight is 747 g/mol. The van der Waals surface area contributed by atoms with E-state index in [-0.39, 0.29) is 0 Å². The van der Waals surface area contributed by atoms with Gasteiger partial charge < -0.3 is 0 Å². The molecule has 1 spiro atoms. The van der Waals surface area contributed by atoms with Crippen LogP contribution >= 0.6 is 0 Å². The van der Waals surface area contributed by atoms with Crippen LogP contribution in [0.4, 0.5) is 0 Å². The molecule has 10 aromatic rings. The molecule has 7 nitrogen and oxygen atoms in total. The molecule has 0 fully saturated rings. The van der Waals surface area contributed by atoms with Gasteiger partial charge >= 0.3 is 280 Å². The minimum absolute atomic E-state index is 0.438. The van der Waals surface area contributed by atoms with Gasteiger partial charge in [0.25, 0.3) is 0 Å². The van der Waals surface area contributed by atoms with E-state index in [9.17, 15) is 7.67 Å². The Morgan fingerprint density at radius 2 is 1.25 bits per heavy atom. The molecule has 14 rings (SSSR count). The predicted molar refractivity (Wildman–Crippen MR) is 204 cm³/mol. The number of pyridine rings is 1. The van der Waals surface area contributed by atoms with Gasteiger partial charge in [-0.25, -0.2) is 0 Å². The Hall–Kier alpha value is -6.60. The standard InChI is InChI=1S/C45H25N5O2Se/c51-53(52)38-17-6-3-12-30(38)31-20-19-26(22-39(31)53)27-24-47-36-15-9-16-37-41(36)45(48(47)25-27)42-43-32(28-10-1-4-13-34(28)49(37)43)23-33-29-11-2-5-14-35(29)50(44(33)42)40-18-7-8-21-46(40)45/h1-25H/q+2. The van der Waals surface area contributed by atoms with Crippen molar-refractivity contribution in [3.05, 3.63) is 163 Å². The second kappa shape index (κ2) is 8.54. The van der Waals surface area contributed by atoms with Crippen LogP contribution in [0.2, 0.25) is 0 Å². The second-order valence-corrected chi connectivity index (χ2v) is 18.6. The van der Waals surface area contributed by atoms with Crippen LogP contribution in [0.3, 0.4) is 0 Å². The van der Waals surface area contributed by atoms with Crippen LogP contribution in [-0.4, -0.2) is 26.5 Å². The number of benzene rings is 6. The summed E-state index contributed by atoms with van der Waals surface area (Å²) in [6, 6.07) is 46.5. The van der Waals surface area contributed by atoms with Crippen molar-refractivity contribution in [1.82, 2.24) is 13.8 Å². The van der Waals surface area contributed by atoms with Crippen LogP contribution in [0.5, 0.6) is 0 Å². The summed E-state index contributed by atoms with van der Waals surface area (Å²) >= 11 is -4.57. The molecule has 0 bridgehead atoms. The van der Waals surface area contributed by atoms with Crippen molar-refractivity contribution in [2.75, 3.05) is 0 Å². The third-order valence-corrected chi connectivity index (χ3v) is 16.3. The first-order valence-corrected chi connectivity index (χ1v) is 21.0. The molecule has 0 N–H and O–H groups in total. The summed E-state index contributed by atoms with van der Waals surface area (Å²) in [5.41, 5.74) is 12.2. The van der Waals surface area contributed by atoms with E-state index >= 15 is 0 Å². The van der Waals surface area contributed by atoms with E-state index in [1.165, 1.54) is 54.7 Å². The molecule has 0 saturated carbocycles. The van der Waals surface area contributed by atoms with Gasteiger partial charge in [-0.2, -0.15) is 0 Å². The van der Waals surface area contributed by atoms with E-state index in [0.29, 0.717) is 8.92 Å². The van der Waals surface area contributed by atoms with Gasteiger partial charge in [0.1, 0.15) is 0 Å². The molecular formula is C45H25N5O2Se+2. The van der Waals surface area contributed by atoms with Crippen LogP contribution in [0.25, 0.3) is 83.1 Å². The third kappa shape index (κ3) is 2.75. The van der Waals surface area contributed by atoms with Crippen molar-refractivity contribution >= 4 is 65.2 Å². The molecule has 0 aliphatic carbocycles. The van der Waals surface area contributed by atoms with Crippen LogP contribution in [0.15, 0.2) is 152 Å². The molecule has 1 atom stereocenters. The fraction of sp³-hybridized carbons (Fsp3) is 0.0222. The number of aromatic nitrogens is 5. The second-order valence-electron chi connectivity index (χ2n) is 14.6. The van der Waals surface area contributed by atoms with Gasteiger partial charge in [0.2, 0.25) is 0 Å². The summed E-state index contributed by atoms with van der Waals surface area (Å²) in [6.07, 6.45) is 6.65. The zero-order valence-electron chi connectivity index (χ0n) is 27.9. The number of fused-ring (bicyclic) bond motifs is 14. The number of hydrogen-bond acceptors (Lipinski definition) is 2. The fourth-order valence-electron chi connectivity index (χ4n) is 10.4. The zero-order valence-corrected chi connectivity index (χ0v) is 29.6. The number of rotatable bonds is 1. The molecular weight excluding hydrogens is 721 g/mol. The summed E-state index contributed by atoms with van der Waals surface area (Å²) < 4.78 is 40.8. The van der Waals surface area contributed by atoms with Crippen molar-refractivity contribution in [2.24, 2.45) is 0 Å². The Morgan fingerprint density at radius 3 is 2.09 bits per heavy atom. The summed E-state index contributed by atoms with van der Waals surface area (Å²) in [7, 11) is 0. The molecule has 4 aliphatic heterocycles. The normalized spacial score (nSPS) is 17.4. The summed E-state index contributed by atoms with van der Waals surface area (Å²) in [4.78, 5) is 0. The Bertz CT molecular complexity index is 3520. The monoisotopic (exact) mass is 747 g/mol. The quantitative estimate of drug-likeness (QED) is 0.142. The molecule has 8 heterocycles. The van der Waals surface area contributed by atoms with E-state index in [4.69, 9.17) is 0 Å². The van der Waals surface area contributed by atoms with Crippen molar-refractivity contribution < 1.29 is 16.9 Å². The molecule has 53 heavy (non-hydrogen) atoms. The molecule has 0 radical (unpaired) electrons. The van der Waals surface area contributed by atoms with Gasteiger partial charge in [-0.15, -0.1) is 0 Å². The molecule has 4 aromatic heterocycles. The number of hydrogen-bond donors (Lipinski definition) is 0. The van der Waals surface area contributed by atoms with E-state index < -0.39 is 18.4 Å². The summed E-state index contributed by atoms with van der Waals surface area (Å²) in [5.74, 6) is 1.09. The van der Waals surface area contributed by atoms with E-state index in [2.05, 4.69) is 139 Å². The van der Waals surface area contributed by atoms with Gasteiger partial charge in [0, 0.05) is 0 Å². The maximum absolute atomic E-state index is 13.9. The van der Waals surface area contributed by atoms with Crippen molar-refractivity contribution in [1.29, 1.82) is 0 Å². The van der Waals surface area contributed by atoms with Crippen LogP contribution < -0.4 is 18.2 Å². The van der Waals surface area contributed by atoms with Gasteiger partial charge in [0.05, 0.1) is 0 Å². The van der Waals surface area contributed by atoms with Gasteiger partial charge in [-0.3, -0.25) is 0 Å². The fourth-order valence-corrected chi connectivity index (χ4v) is 14.0. The van der Waals surface area contributed by atoms with Crippen LogP contribution in [0.1, 0.15) is 11.1 Å². The topological polar surface area (TPSA) is 56.7 Å². The molecule has 8 heteroatoms. The zero-order chi connectivity index (χ0) is 34.5. The van der Waals surface area contributed by atoms with Crippen molar-refractivity contribution in [3.63, 3.8) is 0 Å². The first kappa shape index (κ1) is 27.1. The maximum atomic E-state index is 13.9. The Labute approximate surface area is 303 Å². The van der Waals surface area contributed by atoms with Gasteiger partial charge in [0.15, 0.2) is 0 Å². The molecule has 4 aliphatic rings. The van der Waals surface area contributed by atoms with E-state index in [0.717, 1.165) is 39.4 Å². The third-order valence-electron chi connectivity index (χ3n) is 12.4. The van der Waals surface area contributed by atoms with E-state index in [1.807, 2.05) is 30.3 Å². The first-order chi connectivity index (χ1) is 26.1. The van der Waals surface area contributed by atoms with Crippen molar-refractivity contribution in [3.8, 4) is 39.4 Å². The average Bonchev–Trinajstić information content (AvgIpc) is 3.98. The number of para-hydroxylation sites is 2. The minimum atomic E-state index is -4.57. The Balaban J connectivity index is 1.17. The predicted octanol–water partition coefficient (Wildman–Crippen LogP) is 6.55. The molecule has 246 valence electrons. The molecule has 6 aromatic carbocycles. The van der Waals surface area contributed by atoms with E-state index in [1.54, 1.807) is 6.07 Å². The van der Waals surface area contributed by atoms with Gasteiger partial charge in [-0.05, 0) is 0 Å². The number of nitrogens with zero attached hydrogens (tertiary/aromatic N) is 5. The van der Waals surface area contributed by atoms with Gasteiger partial charge in [-0.1, -0.05) is 24.3 Å². The first-order valence-electron chi connectivity index (χ1n) is 17.9. The SMILES string of the molecule is O=[Se]1(=O)c2ccccc2-c2ccc(-c3cn4[n+](c3)C35c6c(cccc6-4)-n4c6ccccc6c6cc7c8ccccc8n(c7c3c64)-c3cccc[n+]35)cc21. The Morgan fingerprint density at radius 1 is 0.547 bits per heavy atom.